The Morgan fingerprint density at radius 1 is 1.19 bits per heavy atom. The number of pyridine rings is 1. The third kappa shape index (κ3) is 3.18. The average Bonchev–Trinajstić information content (AvgIpc) is 2.53. The predicted octanol–water partition coefficient (Wildman–Crippen LogP) is 2.42. The fourth-order valence-corrected chi connectivity index (χ4v) is 1.89. The Hall–Kier alpha value is -2.87. The van der Waals surface area contributed by atoms with Crippen LogP contribution >= 0.6 is 0 Å². The first-order chi connectivity index (χ1) is 10.0. The lowest BCUT2D eigenvalue weighted by Gasteiger charge is -2.19. The second-order valence-corrected chi connectivity index (χ2v) is 4.83. The monoisotopic (exact) mass is 280 g/mol. The molecule has 0 N–H and O–H groups in total. The summed E-state index contributed by atoms with van der Waals surface area (Å²) in [6.45, 7) is 0. The summed E-state index contributed by atoms with van der Waals surface area (Å²) in [7, 11) is 5.28. The molecule has 1 heterocycles. The molecule has 0 saturated heterocycles. The molecule has 106 valence electrons. The number of nitriles is 1. The maximum absolute atomic E-state index is 11.8. The fourth-order valence-electron chi connectivity index (χ4n) is 1.89. The molecule has 5 heteroatoms. The lowest BCUT2D eigenvalue weighted by atomic mass is 10.2. The summed E-state index contributed by atoms with van der Waals surface area (Å²) >= 11 is 0. The highest BCUT2D eigenvalue weighted by atomic mass is 16.2. The van der Waals surface area contributed by atoms with Crippen molar-refractivity contribution in [3.63, 3.8) is 0 Å². The van der Waals surface area contributed by atoms with Crippen molar-refractivity contribution in [1.29, 1.82) is 5.26 Å². The summed E-state index contributed by atoms with van der Waals surface area (Å²) < 4.78 is 0. The second kappa shape index (κ2) is 6.06. The second-order valence-electron chi connectivity index (χ2n) is 4.83. The van der Waals surface area contributed by atoms with Crippen LogP contribution in [0.15, 0.2) is 42.6 Å². The van der Waals surface area contributed by atoms with Gasteiger partial charge in [0.1, 0.15) is 5.82 Å². The van der Waals surface area contributed by atoms with Gasteiger partial charge in [0.15, 0.2) is 0 Å². The van der Waals surface area contributed by atoms with Gasteiger partial charge in [0.05, 0.1) is 17.2 Å². The summed E-state index contributed by atoms with van der Waals surface area (Å²) in [4.78, 5) is 19.5. The molecule has 0 unspecified atom stereocenters. The van der Waals surface area contributed by atoms with E-state index in [4.69, 9.17) is 5.26 Å². The molecule has 0 fully saturated rings. The van der Waals surface area contributed by atoms with Gasteiger partial charge in [-0.15, -0.1) is 0 Å². The molecule has 0 atom stereocenters. The molecular weight excluding hydrogens is 264 g/mol. The van der Waals surface area contributed by atoms with E-state index in [-0.39, 0.29) is 5.91 Å². The minimum absolute atomic E-state index is 0.0804. The number of amides is 1. The van der Waals surface area contributed by atoms with Crippen LogP contribution in [0.1, 0.15) is 15.9 Å². The van der Waals surface area contributed by atoms with Crippen LogP contribution in [0.2, 0.25) is 0 Å². The zero-order valence-corrected chi connectivity index (χ0v) is 12.2. The number of carbonyl (C=O) groups is 1. The van der Waals surface area contributed by atoms with Gasteiger partial charge in [-0.3, -0.25) is 4.79 Å². The Morgan fingerprint density at radius 3 is 2.52 bits per heavy atom. The van der Waals surface area contributed by atoms with Gasteiger partial charge in [0.25, 0.3) is 5.91 Å². The lowest BCUT2D eigenvalue weighted by molar-refractivity contribution is 0.0827. The number of benzene rings is 1. The van der Waals surface area contributed by atoms with E-state index < -0.39 is 0 Å². The molecule has 0 radical (unpaired) electrons. The van der Waals surface area contributed by atoms with Crippen molar-refractivity contribution >= 4 is 17.4 Å². The number of hydrogen-bond acceptors (Lipinski definition) is 4. The fraction of sp³-hybridized carbons (Fsp3) is 0.188. The molecule has 0 saturated carbocycles. The van der Waals surface area contributed by atoms with Crippen LogP contribution in [-0.2, 0) is 0 Å². The van der Waals surface area contributed by atoms with Crippen molar-refractivity contribution in [3.05, 3.63) is 53.7 Å². The van der Waals surface area contributed by atoms with E-state index in [1.54, 1.807) is 44.6 Å². The molecule has 0 aliphatic carbocycles. The van der Waals surface area contributed by atoms with Crippen molar-refractivity contribution in [2.45, 2.75) is 0 Å². The van der Waals surface area contributed by atoms with Gasteiger partial charge in [-0.2, -0.15) is 5.26 Å². The smallest absolute Gasteiger partial charge is 0.254 e. The van der Waals surface area contributed by atoms with Gasteiger partial charge in [0.2, 0.25) is 0 Å². The third-order valence-electron chi connectivity index (χ3n) is 3.11. The van der Waals surface area contributed by atoms with Gasteiger partial charge >= 0.3 is 0 Å². The quantitative estimate of drug-likeness (QED) is 0.866. The molecule has 0 bridgehead atoms. The summed E-state index contributed by atoms with van der Waals surface area (Å²) in [5.41, 5.74) is 2.01. The Labute approximate surface area is 124 Å². The maximum Gasteiger partial charge on any atom is 0.254 e. The molecule has 0 aliphatic heterocycles. The van der Waals surface area contributed by atoms with Gasteiger partial charge < -0.3 is 9.80 Å². The van der Waals surface area contributed by atoms with E-state index in [1.807, 2.05) is 24.1 Å². The molecule has 21 heavy (non-hydrogen) atoms. The van der Waals surface area contributed by atoms with Crippen molar-refractivity contribution in [1.82, 2.24) is 9.88 Å². The number of anilines is 2. The van der Waals surface area contributed by atoms with Crippen LogP contribution < -0.4 is 4.90 Å². The summed E-state index contributed by atoms with van der Waals surface area (Å²) in [5, 5.41) is 8.94. The predicted molar refractivity (Wildman–Crippen MR) is 81.5 cm³/mol. The number of hydrogen-bond donors (Lipinski definition) is 0. The Bertz CT molecular complexity index is 686. The minimum Gasteiger partial charge on any atom is -0.345 e. The van der Waals surface area contributed by atoms with Crippen LogP contribution in [0, 0.1) is 11.3 Å². The van der Waals surface area contributed by atoms with Gasteiger partial charge in [-0.1, -0.05) is 6.07 Å². The summed E-state index contributed by atoms with van der Waals surface area (Å²) in [6, 6.07) is 12.9. The van der Waals surface area contributed by atoms with E-state index in [0.29, 0.717) is 16.9 Å². The topological polar surface area (TPSA) is 60.2 Å². The number of carbonyl (C=O) groups excluding carboxylic acids is 1. The largest absolute Gasteiger partial charge is 0.345 e. The first-order valence-electron chi connectivity index (χ1n) is 6.44. The maximum atomic E-state index is 11.8. The van der Waals surface area contributed by atoms with Crippen LogP contribution in [0.5, 0.6) is 0 Å². The Kier molecular flexibility index (Phi) is 4.19. The Balaban J connectivity index is 2.26. The first kappa shape index (κ1) is 14.5. The molecule has 1 aromatic carbocycles. The zero-order chi connectivity index (χ0) is 15.4. The van der Waals surface area contributed by atoms with E-state index in [1.165, 1.54) is 4.90 Å². The molecule has 1 amide bonds. The summed E-state index contributed by atoms with van der Waals surface area (Å²) in [5.74, 6) is 0.628. The molecule has 0 spiro atoms. The highest BCUT2D eigenvalue weighted by Gasteiger charge is 2.10. The number of rotatable bonds is 3. The minimum atomic E-state index is -0.0804. The van der Waals surface area contributed by atoms with E-state index in [0.717, 1.165) is 5.69 Å². The van der Waals surface area contributed by atoms with E-state index in [9.17, 15) is 4.79 Å². The number of nitrogens with zero attached hydrogens (tertiary/aromatic N) is 4. The van der Waals surface area contributed by atoms with Crippen molar-refractivity contribution in [3.8, 4) is 6.07 Å². The van der Waals surface area contributed by atoms with Gasteiger partial charge in [-0.25, -0.2) is 4.98 Å². The third-order valence-corrected chi connectivity index (χ3v) is 3.11. The van der Waals surface area contributed by atoms with Crippen LogP contribution in [-0.4, -0.2) is 36.9 Å². The van der Waals surface area contributed by atoms with Crippen LogP contribution in [0.4, 0.5) is 11.5 Å². The van der Waals surface area contributed by atoms with Crippen LogP contribution in [0.25, 0.3) is 0 Å². The van der Waals surface area contributed by atoms with Crippen molar-refractivity contribution < 1.29 is 4.79 Å². The molecule has 2 aromatic rings. The average molecular weight is 280 g/mol. The van der Waals surface area contributed by atoms with Crippen LogP contribution in [0.3, 0.4) is 0 Å². The lowest BCUT2D eigenvalue weighted by Crippen LogP contribution is -2.22. The van der Waals surface area contributed by atoms with Crippen molar-refractivity contribution in [2.75, 3.05) is 26.0 Å². The highest BCUT2D eigenvalue weighted by molar-refractivity contribution is 5.93. The highest BCUT2D eigenvalue weighted by Crippen LogP contribution is 2.22. The SMILES string of the molecule is CN(C)C(=O)c1ccc(N(C)c2cccc(C#N)c2)nc1. The first-order valence-corrected chi connectivity index (χ1v) is 6.44. The number of aromatic nitrogens is 1. The Morgan fingerprint density at radius 2 is 1.95 bits per heavy atom. The van der Waals surface area contributed by atoms with Gasteiger partial charge in [-0.05, 0) is 30.3 Å². The summed E-state index contributed by atoms with van der Waals surface area (Å²) in [6.07, 6.45) is 1.56. The molecule has 2 rings (SSSR count). The molecular formula is C16H16N4O. The zero-order valence-electron chi connectivity index (χ0n) is 12.2. The van der Waals surface area contributed by atoms with E-state index in [2.05, 4.69) is 11.1 Å². The normalized spacial score (nSPS) is 9.81. The molecule has 0 aliphatic rings. The molecule has 1 aromatic heterocycles. The van der Waals surface area contributed by atoms with Gasteiger partial charge in [0, 0.05) is 33.0 Å². The van der Waals surface area contributed by atoms with Crippen molar-refractivity contribution in [2.24, 2.45) is 0 Å². The van der Waals surface area contributed by atoms with E-state index >= 15 is 0 Å². The standard InChI is InChI=1S/C16H16N4O/c1-19(2)16(21)13-7-8-15(18-11-13)20(3)14-6-4-5-12(9-14)10-17/h4-9,11H,1-3H3. The molecule has 5 nitrogen and oxygen atoms in total.